The van der Waals surface area contributed by atoms with Crippen LogP contribution < -0.4 is 5.32 Å². The number of benzene rings is 1. The Morgan fingerprint density at radius 3 is 2.95 bits per heavy atom. The van der Waals surface area contributed by atoms with E-state index in [0.29, 0.717) is 5.58 Å². The lowest BCUT2D eigenvalue weighted by Gasteiger charge is -2.15. The fraction of sp³-hybridized carbons (Fsp3) is 0.312. The quantitative estimate of drug-likeness (QED) is 0.758. The van der Waals surface area contributed by atoms with Gasteiger partial charge in [-0.2, -0.15) is 0 Å². The largest absolute Gasteiger partial charge is 0.456 e. The maximum atomic E-state index is 13.8. The van der Waals surface area contributed by atoms with Crippen LogP contribution in [0.5, 0.6) is 0 Å². The summed E-state index contributed by atoms with van der Waals surface area (Å²) >= 11 is 1.59. The van der Waals surface area contributed by atoms with E-state index in [1.807, 2.05) is 24.6 Å². The fourth-order valence-corrected chi connectivity index (χ4v) is 3.27. The molecule has 1 aromatic carbocycles. The molecule has 1 N–H and O–H groups in total. The van der Waals surface area contributed by atoms with Crippen LogP contribution >= 0.6 is 11.3 Å². The Hall–Kier alpha value is -1.72. The summed E-state index contributed by atoms with van der Waals surface area (Å²) in [5.41, 5.74) is 3.13. The molecule has 110 valence electrons. The Bertz CT molecular complexity index is 750. The SMILES string of the molecule is CCCNC(c1cc2cccc(F)c2o1)c1scnc1C. The predicted octanol–water partition coefficient (Wildman–Crippen LogP) is 4.43. The summed E-state index contributed by atoms with van der Waals surface area (Å²) < 4.78 is 19.6. The van der Waals surface area contributed by atoms with Gasteiger partial charge in [0.2, 0.25) is 0 Å². The second-order valence-electron chi connectivity index (χ2n) is 5.00. The Labute approximate surface area is 126 Å². The van der Waals surface area contributed by atoms with Gasteiger partial charge in [0, 0.05) is 5.39 Å². The highest BCUT2D eigenvalue weighted by Gasteiger charge is 2.22. The molecule has 0 spiro atoms. The summed E-state index contributed by atoms with van der Waals surface area (Å²) in [6, 6.07) is 6.81. The molecule has 0 fully saturated rings. The normalized spacial score (nSPS) is 12.9. The van der Waals surface area contributed by atoms with Crippen molar-refractivity contribution in [1.29, 1.82) is 0 Å². The van der Waals surface area contributed by atoms with Gasteiger partial charge in [0.25, 0.3) is 0 Å². The summed E-state index contributed by atoms with van der Waals surface area (Å²) in [5, 5.41) is 4.25. The van der Waals surface area contributed by atoms with E-state index >= 15 is 0 Å². The van der Waals surface area contributed by atoms with Gasteiger partial charge in [-0.15, -0.1) is 11.3 Å². The molecule has 2 aromatic heterocycles. The molecule has 21 heavy (non-hydrogen) atoms. The molecule has 3 nitrogen and oxygen atoms in total. The van der Waals surface area contributed by atoms with Crippen molar-refractivity contribution in [2.45, 2.75) is 26.3 Å². The number of para-hydroxylation sites is 1. The summed E-state index contributed by atoms with van der Waals surface area (Å²) in [4.78, 5) is 5.42. The molecule has 1 atom stereocenters. The van der Waals surface area contributed by atoms with Crippen LogP contribution in [0.2, 0.25) is 0 Å². The predicted molar refractivity (Wildman–Crippen MR) is 83.2 cm³/mol. The number of hydrogen-bond donors (Lipinski definition) is 1. The van der Waals surface area contributed by atoms with E-state index in [9.17, 15) is 4.39 Å². The lowest BCUT2D eigenvalue weighted by atomic mass is 10.1. The van der Waals surface area contributed by atoms with Crippen LogP contribution in [0.25, 0.3) is 11.0 Å². The molecule has 3 aromatic rings. The van der Waals surface area contributed by atoms with Crippen molar-refractivity contribution in [1.82, 2.24) is 10.3 Å². The molecule has 2 heterocycles. The standard InChI is InChI=1S/C16H17FN2OS/c1-3-7-18-14(16-10(2)19-9-21-16)13-8-11-5-4-6-12(17)15(11)20-13/h4-6,8-9,14,18H,3,7H2,1-2H3. The Morgan fingerprint density at radius 1 is 1.43 bits per heavy atom. The van der Waals surface area contributed by atoms with Crippen molar-refractivity contribution < 1.29 is 8.81 Å². The van der Waals surface area contributed by atoms with E-state index in [4.69, 9.17) is 4.42 Å². The first-order valence-corrected chi connectivity index (χ1v) is 7.90. The molecule has 0 saturated heterocycles. The minimum Gasteiger partial charge on any atom is -0.456 e. The van der Waals surface area contributed by atoms with Crippen molar-refractivity contribution in [3.8, 4) is 0 Å². The van der Waals surface area contributed by atoms with Gasteiger partial charge in [0.15, 0.2) is 11.4 Å². The van der Waals surface area contributed by atoms with Crippen molar-refractivity contribution in [3.63, 3.8) is 0 Å². The molecule has 0 amide bonds. The molecule has 1 unspecified atom stereocenters. The summed E-state index contributed by atoms with van der Waals surface area (Å²) in [6.45, 7) is 4.96. The van der Waals surface area contributed by atoms with Crippen LogP contribution in [0.3, 0.4) is 0 Å². The second kappa shape index (κ2) is 5.95. The number of thiazole rings is 1. The highest BCUT2D eigenvalue weighted by Crippen LogP contribution is 2.32. The van der Waals surface area contributed by atoms with E-state index < -0.39 is 0 Å². The van der Waals surface area contributed by atoms with Gasteiger partial charge in [0.1, 0.15) is 11.8 Å². The molecule has 0 aliphatic rings. The monoisotopic (exact) mass is 304 g/mol. The van der Waals surface area contributed by atoms with Gasteiger partial charge in [-0.3, -0.25) is 0 Å². The Balaban J connectivity index is 2.05. The van der Waals surface area contributed by atoms with Crippen LogP contribution in [-0.4, -0.2) is 11.5 Å². The Morgan fingerprint density at radius 2 is 2.29 bits per heavy atom. The topological polar surface area (TPSA) is 38.1 Å². The molecular formula is C16H17FN2OS. The third kappa shape index (κ3) is 2.71. The number of nitrogens with zero attached hydrogens (tertiary/aromatic N) is 1. The van der Waals surface area contributed by atoms with Crippen molar-refractivity contribution in [2.75, 3.05) is 6.54 Å². The molecule has 0 bridgehead atoms. The molecule has 5 heteroatoms. The maximum Gasteiger partial charge on any atom is 0.169 e. The van der Waals surface area contributed by atoms with Gasteiger partial charge >= 0.3 is 0 Å². The zero-order valence-corrected chi connectivity index (χ0v) is 12.8. The minimum atomic E-state index is -0.325. The first-order valence-electron chi connectivity index (χ1n) is 7.02. The zero-order valence-electron chi connectivity index (χ0n) is 12.0. The van der Waals surface area contributed by atoms with Gasteiger partial charge in [-0.1, -0.05) is 19.1 Å². The van der Waals surface area contributed by atoms with Crippen LogP contribution in [0, 0.1) is 12.7 Å². The second-order valence-corrected chi connectivity index (χ2v) is 5.88. The number of aromatic nitrogens is 1. The van der Waals surface area contributed by atoms with E-state index in [-0.39, 0.29) is 11.9 Å². The highest BCUT2D eigenvalue weighted by molar-refractivity contribution is 7.09. The van der Waals surface area contributed by atoms with Gasteiger partial charge in [0.05, 0.1) is 16.1 Å². The molecular weight excluding hydrogens is 287 g/mol. The van der Waals surface area contributed by atoms with Crippen LogP contribution in [-0.2, 0) is 0 Å². The van der Waals surface area contributed by atoms with Crippen molar-refractivity contribution in [3.05, 3.63) is 51.9 Å². The van der Waals surface area contributed by atoms with Crippen LogP contribution in [0.4, 0.5) is 4.39 Å². The molecule has 0 radical (unpaired) electrons. The van der Waals surface area contributed by atoms with Gasteiger partial charge < -0.3 is 9.73 Å². The van der Waals surface area contributed by atoms with Crippen LogP contribution in [0.15, 0.2) is 34.2 Å². The highest BCUT2D eigenvalue weighted by atomic mass is 32.1. The lowest BCUT2D eigenvalue weighted by Crippen LogP contribution is -2.22. The van der Waals surface area contributed by atoms with E-state index in [0.717, 1.165) is 34.7 Å². The summed E-state index contributed by atoms with van der Waals surface area (Å²) in [6.07, 6.45) is 1.02. The molecule has 0 aliphatic carbocycles. The van der Waals surface area contributed by atoms with Gasteiger partial charge in [-0.25, -0.2) is 9.37 Å². The first-order chi connectivity index (χ1) is 10.2. The third-order valence-electron chi connectivity index (χ3n) is 3.44. The van der Waals surface area contributed by atoms with E-state index in [2.05, 4.69) is 17.2 Å². The minimum absolute atomic E-state index is 0.0794. The van der Waals surface area contributed by atoms with Crippen molar-refractivity contribution in [2.24, 2.45) is 0 Å². The molecule has 0 aliphatic heterocycles. The van der Waals surface area contributed by atoms with Crippen LogP contribution in [0.1, 0.15) is 35.7 Å². The number of aryl methyl sites for hydroxylation is 1. The third-order valence-corrected chi connectivity index (χ3v) is 4.44. The Kier molecular flexibility index (Phi) is 4.03. The maximum absolute atomic E-state index is 13.8. The van der Waals surface area contributed by atoms with E-state index in [1.165, 1.54) is 6.07 Å². The zero-order chi connectivity index (χ0) is 14.8. The number of rotatable bonds is 5. The number of fused-ring (bicyclic) bond motifs is 1. The van der Waals surface area contributed by atoms with E-state index in [1.54, 1.807) is 17.4 Å². The first kappa shape index (κ1) is 14.2. The number of halogens is 1. The average molecular weight is 304 g/mol. The average Bonchev–Trinajstić information content (AvgIpc) is 3.07. The number of hydrogen-bond acceptors (Lipinski definition) is 4. The molecule has 0 saturated carbocycles. The fourth-order valence-electron chi connectivity index (χ4n) is 2.39. The lowest BCUT2D eigenvalue weighted by molar-refractivity contribution is 0.461. The molecule has 3 rings (SSSR count). The van der Waals surface area contributed by atoms with Gasteiger partial charge in [-0.05, 0) is 32.0 Å². The summed E-state index contributed by atoms with van der Waals surface area (Å²) in [5.74, 6) is 0.407. The smallest absolute Gasteiger partial charge is 0.169 e. The summed E-state index contributed by atoms with van der Waals surface area (Å²) in [7, 11) is 0. The number of nitrogens with one attached hydrogen (secondary N) is 1. The van der Waals surface area contributed by atoms with Crippen molar-refractivity contribution >= 4 is 22.3 Å². The number of furan rings is 1.